The summed E-state index contributed by atoms with van der Waals surface area (Å²) in [7, 11) is 0. The molecule has 0 amide bonds. The molecule has 0 saturated heterocycles. The van der Waals surface area contributed by atoms with Crippen LogP contribution in [0.4, 0.5) is 0 Å². The van der Waals surface area contributed by atoms with E-state index in [4.69, 9.17) is 0 Å². The average Bonchev–Trinajstić information content (AvgIpc) is 2.31. The molecule has 0 saturated carbocycles. The molecule has 0 atom stereocenters. The van der Waals surface area contributed by atoms with Gasteiger partial charge in [0.2, 0.25) is 5.43 Å². The molecular formula is C7H5BrN2O. The SMILES string of the molecule is O=c1cc[nH]n2cc(Br)cc12. The third kappa shape index (κ3) is 0.991. The van der Waals surface area contributed by atoms with Gasteiger partial charge in [-0.1, -0.05) is 0 Å². The van der Waals surface area contributed by atoms with Crippen LogP contribution < -0.4 is 5.43 Å². The molecular weight excluding hydrogens is 208 g/mol. The van der Waals surface area contributed by atoms with E-state index < -0.39 is 0 Å². The summed E-state index contributed by atoms with van der Waals surface area (Å²) < 4.78 is 2.57. The summed E-state index contributed by atoms with van der Waals surface area (Å²) in [5, 5.41) is 2.90. The van der Waals surface area contributed by atoms with E-state index in [1.54, 1.807) is 23.0 Å². The van der Waals surface area contributed by atoms with Crippen molar-refractivity contribution in [1.82, 2.24) is 9.61 Å². The van der Waals surface area contributed by atoms with Gasteiger partial charge < -0.3 is 5.10 Å². The fraction of sp³-hybridized carbons (Fsp3) is 0. The van der Waals surface area contributed by atoms with Gasteiger partial charge in [-0.25, -0.2) is 0 Å². The van der Waals surface area contributed by atoms with Gasteiger partial charge in [-0.15, -0.1) is 0 Å². The number of aromatic amines is 1. The van der Waals surface area contributed by atoms with Gasteiger partial charge in [0, 0.05) is 22.9 Å². The topological polar surface area (TPSA) is 37.3 Å². The summed E-state index contributed by atoms with van der Waals surface area (Å²) in [6.07, 6.45) is 3.42. The van der Waals surface area contributed by atoms with Gasteiger partial charge in [-0.2, -0.15) is 0 Å². The first-order chi connectivity index (χ1) is 5.27. The van der Waals surface area contributed by atoms with E-state index >= 15 is 0 Å². The molecule has 2 rings (SSSR count). The molecule has 2 aromatic heterocycles. The lowest BCUT2D eigenvalue weighted by Crippen LogP contribution is -2.03. The van der Waals surface area contributed by atoms with Crippen LogP contribution in [0.25, 0.3) is 5.52 Å². The van der Waals surface area contributed by atoms with Crippen LogP contribution in [0.15, 0.2) is 33.8 Å². The zero-order chi connectivity index (χ0) is 7.84. The van der Waals surface area contributed by atoms with E-state index in [-0.39, 0.29) is 5.43 Å². The maximum absolute atomic E-state index is 11.1. The minimum Gasteiger partial charge on any atom is -0.301 e. The second-order valence-electron chi connectivity index (χ2n) is 2.24. The van der Waals surface area contributed by atoms with Crippen molar-refractivity contribution in [2.75, 3.05) is 0 Å². The van der Waals surface area contributed by atoms with Gasteiger partial charge >= 0.3 is 0 Å². The van der Waals surface area contributed by atoms with E-state index in [1.165, 1.54) is 6.07 Å². The highest BCUT2D eigenvalue weighted by Crippen LogP contribution is 2.10. The summed E-state index contributed by atoms with van der Waals surface area (Å²) in [4.78, 5) is 11.1. The quantitative estimate of drug-likeness (QED) is 0.705. The molecule has 0 unspecified atom stereocenters. The molecule has 2 aromatic rings. The molecule has 2 heterocycles. The lowest BCUT2D eigenvalue weighted by molar-refractivity contribution is 0.933. The fourth-order valence-corrected chi connectivity index (χ4v) is 1.43. The second kappa shape index (κ2) is 2.23. The highest BCUT2D eigenvalue weighted by molar-refractivity contribution is 9.10. The Hall–Kier alpha value is -1.03. The number of nitrogens with one attached hydrogen (secondary N) is 1. The Morgan fingerprint density at radius 3 is 3.09 bits per heavy atom. The molecule has 0 aliphatic carbocycles. The molecule has 0 spiro atoms. The van der Waals surface area contributed by atoms with Crippen molar-refractivity contribution >= 4 is 21.4 Å². The molecule has 3 nitrogen and oxygen atoms in total. The van der Waals surface area contributed by atoms with Crippen molar-refractivity contribution in [3.05, 3.63) is 39.2 Å². The Bertz CT molecular complexity index is 443. The largest absolute Gasteiger partial charge is 0.301 e. The van der Waals surface area contributed by atoms with Gasteiger partial charge in [0.15, 0.2) is 0 Å². The third-order valence-corrected chi connectivity index (χ3v) is 1.92. The Balaban J connectivity index is 3.02. The second-order valence-corrected chi connectivity index (χ2v) is 3.16. The van der Waals surface area contributed by atoms with Gasteiger partial charge in [-0.05, 0) is 22.0 Å². The van der Waals surface area contributed by atoms with E-state index in [2.05, 4.69) is 21.0 Å². The monoisotopic (exact) mass is 212 g/mol. The van der Waals surface area contributed by atoms with Gasteiger partial charge in [-0.3, -0.25) is 9.31 Å². The zero-order valence-electron chi connectivity index (χ0n) is 5.54. The number of aromatic nitrogens is 2. The summed E-state index contributed by atoms with van der Waals surface area (Å²) in [6.45, 7) is 0. The third-order valence-electron chi connectivity index (χ3n) is 1.49. The molecule has 0 bridgehead atoms. The van der Waals surface area contributed by atoms with Gasteiger partial charge in [0.1, 0.15) is 5.52 Å². The Kier molecular flexibility index (Phi) is 1.35. The summed E-state index contributed by atoms with van der Waals surface area (Å²) in [5.74, 6) is 0. The first-order valence-corrected chi connectivity index (χ1v) is 3.92. The predicted octanol–water partition coefficient (Wildman–Crippen LogP) is 1.39. The fourth-order valence-electron chi connectivity index (χ4n) is 1.01. The number of rotatable bonds is 0. The van der Waals surface area contributed by atoms with Crippen molar-refractivity contribution in [3.8, 4) is 0 Å². The van der Waals surface area contributed by atoms with Crippen LogP contribution in [0.5, 0.6) is 0 Å². The minimum absolute atomic E-state index is 0.0226. The molecule has 1 N–H and O–H groups in total. The van der Waals surface area contributed by atoms with Crippen molar-refractivity contribution in [2.45, 2.75) is 0 Å². The van der Waals surface area contributed by atoms with E-state index in [1.807, 2.05) is 0 Å². The molecule has 0 aromatic carbocycles. The highest BCUT2D eigenvalue weighted by Gasteiger charge is 1.98. The summed E-state index contributed by atoms with van der Waals surface area (Å²) >= 11 is 3.28. The van der Waals surface area contributed by atoms with Crippen LogP contribution >= 0.6 is 15.9 Å². The highest BCUT2D eigenvalue weighted by atomic mass is 79.9. The standard InChI is InChI=1S/C7H5BrN2O/c8-5-3-6-7(11)1-2-9-10(6)4-5/h1-4,9H. The summed E-state index contributed by atoms with van der Waals surface area (Å²) in [5.41, 5.74) is 0.675. The van der Waals surface area contributed by atoms with Crippen LogP contribution in [-0.2, 0) is 0 Å². The zero-order valence-corrected chi connectivity index (χ0v) is 7.13. The first kappa shape index (κ1) is 6.67. The number of fused-ring (bicyclic) bond motifs is 1. The van der Waals surface area contributed by atoms with Gasteiger partial charge in [0.05, 0.1) is 0 Å². The maximum atomic E-state index is 11.1. The van der Waals surface area contributed by atoms with Crippen molar-refractivity contribution in [1.29, 1.82) is 0 Å². The molecule has 0 fully saturated rings. The lowest BCUT2D eigenvalue weighted by atomic mass is 10.4. The van der Waals surface area contributed by atoms with Crippen LogP contribution in [0.2, 0.25) is 0 Å². The van der Waals surface area contributed by atoms with Crippen LogP contribution in [0, 0.1) is 0 Å². The number of hydrogen-bond acceptors (Lipinski definition) is 1. The van der Waals surface area contributed by atoms with E-state index in [0.29, 0.717) is 5.52 Å². The normalized spacial score (nSPS) is 10.6. The molecule has 56 valence electrons. The number of hydrogen-bond donors (Lipinski definition) is 1. The molecule has 11 heavy (non-hydrogen) atoms. The first-order valence-electron chi connectivity index (χ1n) is 3.13. The van der Waals surface area contributed by atoms with Gasteiger partial charge in [0.25, 0.3) is 0 Å². The summed E-state index contributed by atoms with van der Waals surface area (Å²) in [6, 6.07) is 3.28. The molecule has 0 aliphatic heterocycles. The van der Waals surface area contributed by atoms with Crippen LogP contribution in [0.1, 0.15) is 0 Å². The average molecular weight is 213 g/mol. The number of nitrogens with zero attached hydrogens (tertiary/aromatic N) is 1. The molecule has 4 heteroatoms. The van der Waals surface area contributed by atoms with Crippen molar-refractivity contribution in [3.63, 3.8) is 0 Å². The Labute approximate surface area is 70.8 Å². The minimum atomic E-state index is 0.0226. The van der Waals surface area contributed by atoms with Crippen molar-refractivity contribution < 1.29 is 0 Å². The van der Waals surface area contributed by atoms with Crippen LogP contribution in [-0.4, -0.2) is 9.61 Å². The Morgan fingerprint density at radius 2 is 2.36 bits per heavy atom. The van der Waals surface area contributed by atoms with Crippen LogP contribution in [0.3, 0.4) is 0 Å². The van der Waals surface area contributed by atoms with E-state index in [9.17, 15) is 4.79 Å². The molecule has 0 radical (unpaired) electrons. The predicted molar refractivity (Wildman–Crippen MR) is 45.7 cm³/mol. The number of halogens is 1. The van der Waals surface area contributed by atoms with E-state index in [0.717, 1.165) is 4.47 Å². The maximum Gasteiger partial charge on any atom is 0.205 e. The lowest BCUT2D eigenvalue weighted by Gasteiger charge is -1.89. The Morgan fingerprint density at radius 1 is 1.55 bits per heavy atom. The molecule has 0 aliphatic rings. The smallest absolute Gasteiger partial charge is 0.205 e. The number of H-pyrrole nitrogens is 1. The van der Waals surface area contributed by atoms with Crippen molar-refractivity contribution in [2.24, 2.45) is 0 Å².